The molecule has 2 aliphatic heterocycles. The Labute approximate surface area is 187 Å². The van der Waals surface area contributed by atoms with E-state index in [2.05, 4.69) is 10.2 Å². The quantitative estimate of drug-likeness (QED) is 0.722. The molecule has 3 heterocycles. The molecule has 0 spiro atoms. The number of aliphatic hydroxyl groups is 1. The Morgan fingerprint density at radius 2 is 2.13 bits per heavy atom. The van der Waals surface area contributed by atoms with Crippen molar-refractivity contribution in [3.8, 4) is 0 Å². The summed E-state index contributed by atoms with van der Waals surface area (Å²) >= 11 is 6.20. The number of rotatable bonds is 6. The number of aliphatic hydroxyl groups excluding tert-OH is 1. The van der Waals surface area contributed by atoms with Gasteiger partial charge in [-0.25, -0.2) is 0 Å². The van der Waals surface area contributed by atoms with Gasteiger partial charge in [0.25, 0.3) is 5.56 Å². The van der Waals surface area contributed by atoms with E-state index < -0.39 is 5.92 Å². The number of fused-ring (bicyclic) bond motifs is 4. The molecule has 1 aromatic carbocycles. The molecule has 164 valence electrons. The largest absolute Gasteiger partial charge is 0.396 e. The van der Waals surface area contributed by atoms with Crippen molar-refractivity contribution in [2.45, 2.75) is 39.0 Å². The minimum atomic E-state index is -0.435. The van der Waals surface area contributed by atoms with Gasteiger partial charge in [0.15, 0.2) is 0 Å². The van der Waals surface area contributed by atoms with Crippen molar-refractivity contribution < 1.29 is 9.90 Å². The highest BCUT2D eigenvalue weighted by molar-refractivity contribution is 6.30. The van der Waals surface area contributed by atoms with Crippen LogP contribution in [0.1, 0.15) is 36.7 Å². The van der Waals surface area contributed by atoms with Crippen LogP contribution < -0.4 is 10.9 Å². The maximum absolute atomic E-state index is 13.1. The highest BCUT2D eigenvalue weighted by atomic mass is 35.5. The normalized spacial score (nSPS) is 25.0. The van der Waals surface area contributed by atoms with Gasteiger partial charge in [-0.2, -0.15) is 0 Å². The number of amides is 1. The molecule has 1 fully saturated rings. The second kappa shape index (κ2) is 8.99. The SMILES string of the molecule is CC=Cc1ccc2n(c1=O)C[C@H]1[C@H](CO)[C@@H](C(=O)NCC)[C@@H]2N1Cc1cccc(Cl)c1. The van der Waals surface area contributed by atoms with E-state index in [1.54, 1.807) is 10.6 Å². The van der Waals surface area contributed by atoms with E-state index in [1.807, 2.05) is 56.3 Å². The molecule has 2 aliphatic rings. The lowest BCUT2D eigenvalue weighted by molar-refractivity contribution is -0.127. The maximum atomic E-state index is 13.1. The number of carbonyl (C=O) groups is 1. The highest BCUT2D eigenvalue weighted by Crippen LogP contribution is 2.49. The van der Waals surface area contributed by atoms with Crippen LogP contribution in [0.4, 0.5) is 0 Å². The van der Waals surface area contributed by atoms with Crippen LogP contribution in [-0.4, -0.2) is 39.7 Å². The fraction of sp³-hybridized carbons (Fsp3) is 0.417. The van der Waals surface area contributed by atoms with Crippen LogP contribution in [0, 0.1) is 11.8 Å². The smallest absolute Gasteiger partial charge is 0.258 e. The average Bonchev–Trinajstić information content (AvgIpc) is 2.95. The maximum Gasteiger partial charge on any atom is 0.258 e. The predicted octanol–water partition coefficient (Wildman–Crippen LogP) is 2.83. The minimum absolute atomic E-state index is 0.0544. The van der Waals surface area contributed by atoms with Crippen molar-refractivity contribution in [3.05, 3.63) is 74.7 Å². The van der Waals surface area contributed by atoms with Gasteiger partial charge in [0, 0.05) is 54.5 Å². The molecule has 1 aromatic heterocycles. The monoisotopic (exact) mass is 441 g/mol. The summed E-state index contributed by atoms with van der Waals surface area (Å²) in [5.74, 6) is -0.779. The van der Waals surface area contributed by atoms with Gasteiger partial charge in [-0.3, -0.25) is 14.5 Å². The number of halogens is 1. The van der Waals surface area contributed by atoms with Crippen LogP contribution in [0.3, 0.4) is 0 Å². The first-order valence-corrected chi connectivity index (χ1v) is 11.1. The first-order valence-electron chi connectivity index (χ1n) is 10.7. The van der Waals surface area contributed by atoms with Crippen LogP contribution in [0.5, 0.6) is 0 Å². The molecule has 1 amide bonds. The summed E-state index contributed by atoms with van der Waals surface area (Å²) in [4.78, 5) is 28.5. The van der Waals surface area contributed by atoms with Gasteiger partial charge in [-0.15, -0.1) is 0 Å². The Kier molecular flexibility index (Phi) is 6.32. The number of nitrogens with one attached hydrogen (secondary N) is 1. The lowest BCUT2D eigenvalue weighted by atomic mass is 9.86. The van der Waals surface area contributed by atoms with Crippen LogP contribution >= 0.6 is 11.6 Å². The topological polar surface area (TPSA) is 74.6 Å². The second-order valence-corrected chi connectivity index (χ2v) is 8.65. The molecule has 2 N–H and O–H groups in total. The third-order valence-corrected chi connectivity index (χ3v) is 6.69. The number of allylic oxidation sites excluding steroid dienone is 1. The second-order valence-electron chi connectivity index (χ2n) is 8.21. The molecule has 4 rings (SSSR count). The molecule has 6 nitrogen and oxygen atoms in total. The Balaban J connectivity index is 1.83. The van der Waals surface area contributed by atoms with Gasteiger partial charge < -0.3 is 15.0 Å². The summed E-state index contributed by atoms with van der Waals surface area (Å²) < 4.78 is 1.79. The van der Waals surface area contributed by atoms with Gasteiger partial charge in [0.05, 0.1) is 12.0 Å². The van der Waals surface area contributed by atoms with Crippen molar-refractivity contribution in [2.24, 2.45) is 11.8 Å². The number of benzene rings is 1. The van der Waals surface area contributed by atoms with Crippen molar-refractivity contribution in [1.82, 2.24) is 14.8 Å². The first kappa shape index (κ1) is 21.8. The van der Waals surface area contributed by atoms with E-state index in [0.717, 1.165) is 11.3 Å². The standard InChI is InChI=1S/C24H28ClN3O3/c1-3-6-16-9-10-19-22-21(23(30)26-4-2)18(14-29)20(13-28(19)24(16)31)27(22)12-15-7-5-8-17(25)11-15/h3,5-11,18,20-22,29H,4,12-14H2,1-2H3,(H,26,30)/t18-,20-,21+,22+/m0/s1. The van der Waals surface area contributed by atoms with Gasteiger partial charge in [-0.05, 0) is 43.7 Å². The third-order valence-electron chi connectivity index (χ3n) is 6.45. The molecule has 31 heavy (non-hydrogen) atoms. The Hall–Kier alpha value is -2.41. The van der Waals surface area contributed by atoms with Crippen LogP contribution in [0.15, 0.2) is 47.3 Å². The molecule has 7 heteroatoms. The van der Waals surface area contributed by atoms with Crippen molar-refractivity contribution in [1.29, 1.82) is 0 Å². The van der Waals surface area contributed by atoms with Gasteiger partial charge in [0.1, 0.15) is 0 Å². The third kappa shape index (κ3) is 3.84. The molecule has 0 saturated carbocycles. The molecule has 0 unspecified atom stereocenters. The molecule has 2 aromatic rings. The van der Waals surface area contributed by atoms with E-state index in [4.69, 9.17) is 11.6 Å². The molecular formula is C24H28ClN3O3. The molecular weight excluding hydrogens is 414 g/mol. The van der Waals surface area contributed by atoms with Crippen molar-refractivity contribution in [2.75, 3.05) is 13.2 Å². The molecule has 4 atom stereocenters. The van der Waals surface area contributed by atoms with Gasteiger partial charge in [-0.1, -0.05) is 35.9 Å². The zero-order chi connectivity index (χ0) is 22.1. The first-order chi connectivity index (χ1) is 15.0. The van der Waals surface area contributed by atoms with E-state index in [1.165, 1.54) is 0 Å². The number of carbonyl (C=O) groups excluding carboxylic acids is 1. The van der Waals surface area contributed by atoms with Crippen molar-refractivity contribution in [3.63, 3.8) is 0 Å². The summed E-state index contributed by atoms with van der Waals surface area (Å²) in [6.07, 6.45) is 3.65. The van der Waals surface area contributed by atoms with Crippen molar-refractivity contribution >= 4 is 23.6 Å². The summed E-state index contributed by atoms with van der Waals surface area (Å²) in [7, 11) is 0. The summed E-state index contributed by atoms with van der Waals surface area (Å²) in [6, 6.07) is 11.0. The highest BCUT2D eigenvalue weighted by Gasteiger charge is 2.55. The lowest BCUT2D eigenvalue weighted by Gasteiger charge is -2.38. The number of nitrogens with zero attached hydrogens (tertiary/aromatic N) is 2. The molecule has 0 aliphatic carbocycles. The molecule has 0 radical (unpaired) electrons. The average molecular weight is 442 g/mol. The summed E-state index contributed by atoms with van der Waals surface area (Å²) in [6.45, 7) is 5.21. The Bertz CT molecular complexity index is 1060. The van der Waals surface area contributed by atoms with E-state index in [-0.39, 0.29) is 36.1 Å². The van der Waals surface area contributed by atoms with Crippen LogP contribution in [0.2, 0.25) is 5.02 Å². The fourth-order valence-corrected chi connectivity index (χ4v) is 5.42. The predicted molar refractivity (Wildman–Crippen MR) is 122 cm³/mol. The zero-order valence-electron chi connectivity index (χ0n) is 17.8. The van der Waals surface area contributed by atoms with Gasteiger partial charge >= 0.3 is 0 Å². The van der Waals surface area contributed by atoms with Crippen LogP contribution in [0.25, 0.3) is 6.08 Å². The molecule has 1 saturated heterocycles. The number of hydrogen-bond donors (Lipinski definition) is 2. The minimum Gasteiger partial charge on any atom is -0.396 e. The number of pyridine rings is 1. The van der Waals surface area contributed by atoms with E-state index >= 15 is 0 Å². The Morgan fingerprint density at radius 1 is 1.32 bits per heavy atom. The number of hydrogen-bond acceptors (Lipinski definition) is 4. The van der Waals surface area contributed by atoms with Gasteiger partial charge in [0.2, 0.25) is 5.91 Å². The Morgan fingerprint density at radius 3 is 2.81 bits per heavy atom. The fourth-order valence-electron chi connectivity index (χ4n) is 5.20. The zero-order valence-corrected chi connectivity index (χ0v) is 18.5. The van der Waals surface area contributed by atoms with E-state index in [0.29, 0.717) is 30.2 Å². The summed E-state index contributed by atoms with van der Waals surface area (Å²) in [5, 5.41) is 13.9. The lowest BCUT2D eigenvalue weighted by Crippen LogP contribution is -2.46. The number of aromatic nitrogens is 1. The summed E-state index contributed by atoms with van der Waals surface area (Å²) in [5.41, 5.74) is 2.44. The van der Waals surface area contributed by atoms with E-state index in [9.17, 15) is 14.7 Å². The van der Waals surface area contributed by atoms with Crippen LogP contribution in [-0.2, 0) is 17.9 Å². The molecule has 2 bridgehead atoms.